The van der Waals surface area contributed by atoms with Crippen molar-refractivity contribution in [3.63, 3.8) is 0 Å². The summed E-state index contributed by atoms with van der Waals surface area (Å²) in [7, 11) is 0. The summed E-state index contributed by atoms with van der Waals surface area (Å²) in [6.45, 7) is 3.61. The van der Waals surface area contributed by atoms with Gasteiger partial charge in [0.05, 0.1) is 18.0 Å². The largest absolute Gasteiger partial charge is 0.360 e. The molecule has 0 atom stereocenters. The maximum Gasteiger partial charge on any atom is 0.209 e. The highest BCUT2D eigenvalue weighted by atomic mass is 32.2. The lowest BCUT2D eigenvalue weighted by Crippen LogP contribution is -2.22. The van der Waals surface area contributed by atoms with Crippen molar-refractivity contribution in [1.82, 2.24) is 30.7 Å². The van der Waals surface area contributed by atoms with Crippen LogP contribution in [0.1, 0.15) is 24.3 Å². The average Bonchev–Trinajstić information content (AvgIpc) is 2.95. The van der Waals surface area contributed by atoms with Crippen LogP contribution in [0.15, 0.2) is 15.7 Å². The Hall–Kier alpha value is -1.41. The second-order valence-electron chi connectivity index (χ2n) is 4.64. The molecule has 102 valence electrons. The van der Waals surface area contributed by atoms with Gasteiger partial charge in [0, 0.05) is 18.7 Å². The minimum absolute atomic E-state index is 0.692. The zero-order chi connectivity index (χ0) is 13.1. The van der Waals surface area contributed by atoms with Gasteiger partial charge in [0.1, 0.15) is 5.76 Å². The van der Waals surface area contributed by atoms with E-state index in [1.807, 2.05) is 17.7 Å². The predicted molar refractivity (Wildman–Crippen MR) is 69.6 cm³/mol. The molecule has 0 aliphatic heterocycles. The number of nitrogens with zero attached hydrogens (tertiary/aromatic N) is 5. The highest BCUT2D eigenvalue weighted by Gasteiger charge is 2.20. The van der Waals surface area contributed by atoms with Gasteiger partial charge in [-0.3, -0.25) is 0 Å². The van der Waals surface area contributed by atoms with Crippen LogP contribution in [0.5, 0.6) is 0 Å². The van der Waals surface area contributed by atoms with E-state index in [9.17, 15) is 0 Å². The van der Waals surface area contributed by atoms with Crippen molar-refractivity contribution in [3.05, 3.63) is 17.5 Å². The van der Waals surface area contributed by atoms with Crippen LogP contribution in [0.3, 0.4) is 0 Å². The molecule has 0 amide bonds. The van der Waals surface area contributed by atoms with Crippen LogP contribution in [0.25, 0.3) is 0 Å². The molecule has 2 heterocycles. The van der Waals surface area contributed by atoms with Gasteiger partial charge in [0.15, 0.2) is 0 Å². The standard InChI is InChI=1S/C11H16N6OS/c1-8-6-10(18-14-8)7-19-11-13-15-16-17(11)5-4-12-9-2-3-9/h6,9,12H,2-5,7H2,1H3. The Morgan fingerprint density at radius 2 is 2.42 bits per heavy atom. The minimum Gasteiger partial charge on any atom is -0.360 e. The minimum atomic E-state index is 0.692. The maximum atomic E-state index is 5.16. The summed E-state index contributed by atoms with van der Waals surface area (Å²) in [5, 5.41) is 19.9. The maximum absolute atomic E-state index is 5.16. The first-order valence-corrected chi connectivity index (χ1v) is 7.34. The molecule has 0 aromatic carbocycles. The van der Waals surface area contributed by atoms with Crippen molar-refractivity contribution in [2.45, 2.75) is 43.3 Å². The Kier molecular flexibility index (Phi) is 3.79. The molecule has 1 aliphatic rings. The Bertz CT molecular complexity index is 535. The fourth-order valence-corrected chi connectivity index (χ4v) is 2.50. The summed E-state index contributed by atoms with van der Waals surface area (Å²) in [5.41, 5.74) is 0.892. The summed E-state index contributed by atoms with van der Waals surface area (Å²) in [4.78, 5) is 0. The third kappa shape index (κ3) is 3.54. The average molecular weight is 280 g/mol. The molecule has 1 N–H and O–H groups in total. The van der Waals surface area contributed by atoms with Crippen molar-refractivity contribution in [2.24, 2.45) is 0 Å². The first-order valence-electron chi connectivity index (χ1n) is 6.36. The van der Waals surface area contributed by atoms with Crippen molar-refractivity contribution in [2.75, 3.05) is 6.54 Å². The number of aromatic nitrogens is 5. The molecule has 1 fully saturated rings. The normalized spacial score (nSPS) is 15.0. The van der Waals surface area contributed by atoms with E-state index in [2.05, 4.69) is 26.0 Å². The molecule has 0 saturated heterocycles. The Morgan fingerprint density at radius 1 is 1.53 bits per heavy atom. The first-order chi connectivity index (χ1) is 9.31. The van der Waals surface area contributed by atoms with Gasteiger partial charge in [0.25, 0.3) is 0 Å². The summed E-state index contributed by atoms with van der Waals surface area (Å²) in [6, 6.07) is 2.64. The van der Waals surface area contributed by atoms with Gasteiger partial charge in [-0.2, -0.15) is 0 Å². The Balaban J connectivity index is 1.50. The first kappa shape index (κ1) is 12.6. The van der Waals surface area contributed by atoms with Crippen molar-refractivity contribution in [1.29, 1.82) is 0 Å². The number of thioether (sulfide) groups is 1. The van der Waals surface area contributed by atoms with Crippen molar-refractivity contribution >= 4 is 11.8 Å². The van der Waals surface area contributed by atoms with Crippen molar-refractivity contribution in [3.8, 4) is 0 Å². The van der Waals surface area contributed by atoms with Gasteiger partial charge in [-0.25, -0.2) is 4.68 Å². The van der Waals surface area contributed by atoms with Gasteiger partial charge in [-0.05, 0) is 30.2 Å². The predicted octanol–water partition coefficient (Wildman–Crippen LogP) is 1.01. The molecule has 8 heteroatoms. The van der Waals surface area contributed by atoms with Gasteiger partial charge in [-0.15, -0.1) is 5.10 Å². The van der Waals surface area contributed by atoms with Crippen LogP contribution in [0.4, 0.5) is 0 Å². The van der Waals surface area contributed by atoms with E-state index in [0.717, 1.165) is 29.7 Å². The zero-order valence-electron chi connectivity index (χ0n) is 10.7. The smallest absolute Gasteiger partial charge is 0.209 e. The topological polar surface area (TPSA) is 81.7 Å². The molecule has 7 nitrogen and oxygen atoms in total. The van der Waals surface area contributed by atoms with Crippen LogP contribution < -0.4 is 5.32 Å². The van der Waals surface area contributed by atoms with Gasteiger partial charge in [0.2, 0.25) is 5.16 Å². The van der Waals surface area contributed by atoms with Crippen LogP contribution in [0, 0.1) is 6.92 Å². The van der Waals surface area contributed by atoms with Gasteiger partial charge >= 0.3 is 0 Å². The fourth-order valence-electron chi connectivity index (χ4n) is 1.72. The van der Waals surface area contributed by atoms with E-state index in [1.54, 1.807) is 11.8 Å². The molecular weight excluding hydrogens is 264 g/mol. The Morgan fingerprint density at radius 3 is 3.16 bits per heavy atom. The molecule has 19 heavy (non-hydrogen) atoms. The summed E-state index contributed by atoms with van der Waals surface area (Å²) >= 11 is 1.56. The SMILES string of the molecule is Cc1cc(CSc2nnnn2CCNC2CC2)on1. The summed E-state index contributed by atoms with van der Waals surface area (Å²) in [6.07, 6.45) is 2.59. The van der Waals surface area contributed by atoms with Crippen LogP contribution >= 0.6 is 11.8 Å². The van der Waals surface area contributed by atoms with Crippen LogP contribution in [-0.4, -0.2) is 38.0 Å². The Labute approximate surface area is 115 Å². The molecule has 3 rings (SSSR count). The number of hydrogen-bond acceptors (Lipinski definition) is 7. The second kappa shape index (κ2) is 5.70. The number of rotatable bonds is 7. The van der Waals surface area contributed by atoms with E-state index in [1.165, 1.54) is 12.8 Å². The lowest BCUT2D eigenvalue weighted by Gasteiger charge is -2.04. The van der Waals surface area contributed by atoms with E-state index >= 15 is 0 Å². The quantitative estimate of drug-likeness (QED) is 0.758. The lowest BCUT2D eigenvalue weighted by atomic mass is 10.4. The van der Waals surface area contributed by atoms with Gasteiger partial charge < -0.3 is 9.84 Å². The van der Waals surface area contributed by atoms with E-state index in [-0.39, 0.29) is 0 Å². The van der Waals surface area contributed by atoms with Crippen molar-refractivity contribution < 1.29 is 4.52 Å². The zero-order valence-corrected chi connectivity index (χ0v) is 11.6. The van der Waals surface area contributed by atoms with Crippen LogP contribution in [-0.2, 0) is 12.3 Å². The summed E-state index contributed by atoms with van der Waals surface area (Å²) < 4.78 is 6.98. The molecule has 0 unspecified atom stereocenters. The molecule has 0 radical (unpaired) electrons. The van der Waals surface area contributed by atoms with Crippen LogP contribution in [0.2, 0.25) is 0 Å². The van der Waals surface area contributed by atoms with E-state index in [4.69, 9.17) is 4.52 Å². The lowest BCUT2D eigenvalue weighted by molar-refractivity contribution is 0.390. The number of nitrogens with one attached hydrogen (secondary N) is 1. The number of aryl methyl sites for hydroxylation is 1. The molecule has 1 aliphatic carbocycles. The van der Waals surface area contributed by atoms with E-state index < -0.39 is 0 Å². The summed E-state index contributed by atoms with van der Waals surface area (Å²) in [5.74, 6) is 1.53. The highest BCUT2D eigenvalue weighted by Crippen LogP contribution is 2.20. The second-order valence-corrected chi connectivity index (χ2v) is 5.58. The third-order valence-electron chi connectivity index (χ3n) is 2.85. The molecule has 0 bridgehead atoms. The number of tetrazole rings is 1. The molecule has 0 spiro atoms. The van der Waals surface area contributed by atoms with Gasteiger partial charge in [-0.1, -0.05) is 16.9 Å². The van der Waals surface area contributed by atoms with E-state index in [0.29, 0.717) is 11.8 Å². The molecule has 2 aromatic rings. The molecular formula is C11H16N6OS. The fraction of sp³-hybridized carbons (Fsp3) is 0.636. The number of hydrogen-bond donors (Lipinski definition) is 1. The highest BCUT2D eigenvalue weighted by molar-refractivity contribution is 7.98. The third-order valence-corrected chi connectivity index (χ3v) is 3.83. The monoisotopic (exact) mass is 280 g/mol. The molecule has 1 saturated carbocycles. The molecule has 2 aromatic heterocycles.